The number of rotatable bonds is 3. The van der Waals surface area contributed by atoms with Crippen molar-refractivity contribution in [3.63, 3.8) is 0 Å². The van der Waals surface area contributed by atoms with Gasteiger partial charge < -0.3 is 4.57 Å². The van der Waals surface area contributed by atoms with Crippen molar-refractivity contribution in [3.05, 3.63) is 140 Å². The number of benzene rings is 6. The van der Waals surface area contributed by atoms with Crippen LogP contribution in [0.25, 0.3) is 66.4 Å². The van der Waals surface area contributed by atoms with Crippen LogP contribution in [0, 0.1) is 0 Å². The van der Waals surface area contributed by atoms with Crippen molar-refractivity contribution >= 4 is 43.6 Å². The summed E-state index contributed by atoms with van der Waals surface area (Å²) in [4.78, 5) is 5.30. The van der Waals surface area contributed by atoms with Gasteiger partial charge in [-0.15, -0.1) is 0 Å². The molecule has 0 amide bonds. The van der Waals surface area contributed by atoms with Crippen LogP contribution in [0.5, 0.6) is 0 Å². The van der Waals surface area contributed by atoms with Crippen LogP contribution in [0.3, 0.4) is 0 Å². The summed E-state index contributed by atoms with van der Waals surface area (Å²) >= 11 is 0. The number of fused-ring (bicyclic) bond motifs is 6. The highest BCUT2D eigenvalue weighted by molar-refractivity contribution is 6.17. The van der Waals surface area contributed by atoms with Gasteiger partial charge in [0.1, 0.15) is 5.82 Å². The summed E-state index contributed by atoms with van der Waals surface area (Å²) in [6.07, 6.45) is 0. The van der Waals surface area contributed by atoms with Gasteiger partial charge in [0, 0.05) is 33.1 Å². The second kappa shape index (κ2) is 8.19. The summed E-state index contributed by atoms with van der Waals surface area (Å²) < 4.78 is 4.65. The molecular formula is C35H23N3. The van der Waals surface area contributed by atoms with E-state index < -0.39 is 0 Å². The number of para-hydroxylation sites is 3. The van der Waals surface area contributed by atoms with Crippen LogP contribution in [0.15, 0.2) is 140 Å². The maximum Gasteiger partial charge on any atom is 0.145 e. The minimum Gasteiger partial charge on any atom is -0.309 e. The topological polar surface area (TPSA) is 22.8 Å². The van der Waals surface area contributed by atoms with Gasteiger partial charge in [0.2, 0.25) is 0 Å². The molecule has 3 heteroatoms. The molecule has 0 aliphatic carbocycles. The molecule has 0 bridgehead atoms. The lowest BCUT2D eigenvalue weighted by atomic mass is 10.0. The molecule has 3 nitrogen and oxygen atoms in total. The summed E-state index contributed by atoms with van der Waals surface area (Å²) in [6.45, 7) is 0. The highest BCUT2D eigenvalue weighted by Gasteiger charge is 2.18. The van der Waals surface area contributed by atoms with Crippen LogP contribution in [-0.4, -0.2) is 14.1 Å². The molecule has 0 saturated heterocycles. The molecule has 0 unspecified atom stereocenters. The molecule has 178 valence electrons. The molecule has 0 atom stereocenters. The molecule has 0 aliphatic heterocycles. The van der Waals surface area contributed by atoms with Crippen LogP contribution in [-0.2, 0) is 0 Å². The Morgan fingerprint density at radius 3 is 1.79 bits per heavy atom. The number of aromatic nitrogens is 3. The first-order chi connectivity index (χ1) is 18.9. The Bertz CT molecular complexity index is 2100. The Kier molecular flexibility index (Phi) is 4.52. The predicted octanol–water partition coefficient (Wildman–Crippen LogP) is 8.94. The fourth-order valence-electron chi connectivity index (χ4n) is 5.80. The average molecular weight is 486 g/mol. The Balaban J connectivity index is 1.52. The van der Waals surface area contributed by atoms with Gasteiger partial charge in [-0.25, -0.2) is 4.98 Å². The van der Waals surface area contributed by atoms with Crippen LogP contribution in [0.1, 0.15) is 0 Å². The van der Waals surface area contributed by atoms with Crippen molar-refractivity contribution in [2.75, 3.05) is 0 Å². The Morgan fingerprint density at radius 2 is 1.05 bits per heavy atom. The average Bonchev–Trinajstić information content (AvgIpc) is 3.54. The smallest absolute Gasteiger partial charge is 0.145 e. The van der Waals surface area contributed by atoms with Gasteiger partial charge in [0.15, 0.2) is 0 Å². The van der Waals surface area contributed by atoms with E-state index in [-0.39, 0.29) is 0 Å². The molecule has 2 aromatic heterocycles. The van der Waals surface area contributed by atoms with Crippen molar-refractivity contribution in [2.45, 2.75) is 0 Å². The van der Waals surface area contributed by atoms with Gasteiger partial charge in [0.25, 0.3) is 0 Å². The molecule has 8 rings (SSSR count). The lowest BCUT2D eigenvalue weighted by Gasteiger charge is -2.10. The van der Waals surface area contributed by atoms with Gasteiger partial charge in [0.05, 0.1) is 22.1 Å². The molecule has 0 fully saturated rings. The molecule has 0 aliphatic rings. The molecule has 38 heavy (non-hydrogen) atoms. The van der Waals surface area contributed by atoms with E-state index in [4.69, 9.17) is 4.98 Å². The minimum atomic E-state index is 0.947. The number of imidazole rings is 1. The summed E-state index contributed by atoms with van der Waals surface area (Å²) in [7, 11) is 0. The SMILES string of the molecule is c1ccc(-c2nc3c4cc5c(cc4ccc3n2-c2ccccc2)c2ccccc2n5-c2ccccc2)cc1. The van der Waals surface area contributed by atoms with Crippen LogP contribution < -0.4 is 0 Å². The van der Waals surface area contributed by atoms with E-state index in [1.54, 1.807) is 0 Å². The molecule has 0 spiro atoms. The van der Waals surface area contributed by atoms with Gasteiger partial charge >= 0.3 is 0 Å². The van der Waals surface area contributed by atoms with Crippen molar-refractivity contribution < 1.29 is 0 Å². The van der Waals surface area contributed by atoms with Gasteiger partial charge in [-0.2, -0.15) is 0 Å². The molecule has 6 aromatic carbocycles. The molecule has 0 saturated carbocycles. The number of hydrogen-bond donors (Lipinski definition) is 0. The zero-order chi connectivity index (χ0) is 25.1. The van der Waals surface area contributed by atoms with E-state index in [0.717, 1.165) is 39.2 Å². The third kappa shape index (κ3) is 3.06. The number of nitrogens with zero attached hydrogens (tertiary/aromatic N) is 3. The maximum absolute atomic E-state index is 5.30. The van der Waals surface area contributed by atoms with E-state index in [0.29, 0.717) is 0 Å². The van der Waals surface area contributed by atoms with Crippen LogP contribution in [0.2, 0.25) is 0 Å². The first-order valence-electron chi connectivity index (χ1n) is 12.9. The Labute approximate surface area is 219 Å². The molecule has 0 radical (unpaired) electrons. The standard InChI is InChI=1S/C35H23N3/c1-4-12-24(13-5-1)35-36-34-29-23-33-30(22-25(29)20-21-32(34)38(35)27-16-8-3-9-17-27)28-18-10-11-19-31(28)37(33)26-14-6-2-7-15-26/h1-23H. The van der Waals surface area contributed by atoms with Crippen molar-refractivity contribution in [2.24, 2.45) is 0 Å². The highest BCUT2D eigenvalue weighted by Crippen LogP contribution is 2.38. The molecule has 0 N–H and O–H groups in total. The third-order valence-corrected chi connectivity index (χ3v) is 7.49. The first kappa shape index (κ1) is 21.0. The Hall–Kier alpha value is -5.15. The first-order valence-corrected chi connectivity index (χ1v) is 12.9. The van der Waals surface area contributed by atoms with Crippen molar-refractivity contribution in [1.82, 2.24) is 14.1 Å². The molecule has 2 heterocycles. The largest absolute Gasteiger partial charge is 0.309 e. The van der Waals surface area contributed by atoms with E-state index >= 15 is 0 Å². The quantitative estimate of drug-likeness (QED) is 0.245. The normalized spacial score (nSPS) is 11.7. The van der Waals surface area contributed by atoms with E-state index in [1.807, 2.05) is 6.07 Å². The zero-order valence-corrected chi connectivity index (χ0v) is 20.6. The van der Waals surface area contributed by atoms with Gasteiger partial charge in [-0.1, -0.05) is 91.0 Å². The van der Waals surface area contributed by atoms with Crippen LogP contribution in [0.4, 0.5) is 0 Å². The van der Waals surface area contributed by atoms with E-state index in [1.165, 1.54) is 27.2 Å². The van der Waals surface area contributed by atoms with Gasteiger partial charge in [-0.05, 0) is 53.9 Å². The number of hydrogen-bond acceptors (Lipinski definition) is 1. The molecule has 8 aromatic rings. The summed E-state index contributed by atoms with van der Waals surface area (Å²) in [5.41, 5.74) is 7.87. The monoisotopic (exact) mass is 485 g/mol. The summed E-state index contributed by atoms with van der Waals surface area (Å²) in [5, 5.41) is 4.86. The minimum absolute atomic E-state index is 0.947. The maximum atomic E-state index is 5.30. The lowest BCUT2D eigenvalue weighted by Crippen LogP contribution is -1.97. The Morgan fingerprint density at radius 1 is 0.421 bits per heavy atom. The van der Waals surface area contributed by atoms with Crippen LogP contribution >= 0.6 is 0 Å². The zero-order valence-electron chi connectivity index (χ0n) is 20.6. The van der Waals surface area contributed by atoms with Crippen molar-refractivity contribution in [1.29, 1.82) is 0 Å². The predicted molar refractivity (Wildman–Crippen MR) is 158 cm³/mol. The highest BCUT2D eigenvalue weighted by atomic mass is 15.1. The second-order valence-corrected chi connectivity index (χ2v) is 9.68. The molecular weight excluding hydrogens is 462 g/mol. The summed E-state index contributed by atoms with van der Waals surface area (Å²) in [6, 6.07) is 49.4. The van der Waals surface area contributed by atoms with E-state index in [9.17, 15) is 0 Å². The second-order valence-electron chi connectivity index (χ2n) is 9.68. The summed E-state index contributed by atoms with van der Waals surface area (Å²) in [5.74, 6) is 0.947. The lowest BCUT2D eigenvalue weighted by molar-refractivity contribution is 1.10. The van der Waals surface area contributed by atoms with Crippen molar-refractivity contribution in [3.8, 4) is 22.8 Å². The third-order valence-electron chi connectivity index (χ3n) is 7.49. The fraction of sp³-hybridized carbons (Fsp3) is 0. The van der Waals surface area contributed by atoms with Gasteiger partial charge in [-0.3, -0.25) is 4.57 Å². The fourth-order valence-corrected chi connectivity index (χ4v) is 5.80. The van der Waals surface area contributed by atoms with E-state index in [2.05, 4.69) is 143 Å².